The van der Waals surface area contributed by atoms with Gasteiger partial charge in [-0.05, 0) is 73.9 Å². The molecular weight excluding hydrogens is 483 g/mol. The average Bonchev–Trinajstić information content (AvgIpc) is 3.69. The number of nitrogens with zero attached hydrogens (tertiary/aromatic N) is 4. The molecule has 1 aliphatic rings. The van der Waals surface area contributed by atoms with Crippen LogP contribution in [0, 0.1) is 12.7 Å². The lowest BCUT2D eigenvalue weighted by atomic mass is 9.99. The maximum absolute atomic E-state index is 13.6. The van der Waals surface area contributed by atoms with Crippen LogP contribution in [0.5, 0.6) is 5.88 Å². The predicted molar refractivity (Wildman–Crippen MR) is 130 cm³/mol. The number of hydrogen-bond donors (Lipinski definition) is 1. The molecule has 0 aliphatic heterocycles. The highest BCUT2D eigenvalue weighted by Gasteiger charge is 2.45. The molecule has 0 bridgehead atoms. The number of halogens is 3. The molecule has 1 aliphatic carbocycles. The zero-order chi connectivity index (χ0) is 26.2. The van der Waals surface area contributed by atoms with Crippen LogP contribution in [0.15, 0.2) is 54.6 Å². The number of aldehydes is 1. The number of pyridine rings is 2. The van der Waals surface area contributed by atoms with E-state index in [2.05, 4.69) is 19.9 Å². The van der Waals surface area contributed by atoms with Gasteiger partial charge in [-0.1, -0.05) is 6.07 Å². The van der Waals surface area contributed by atoms with Crippen LogP contribution in [0.2, 0.25) is 0 Å². The highest BCUT2D eigenvalue weighted by atomic mass is 19.3. The highest BCUT2D eigenvalue weighted by Crippen LogP contribution is 2.45. The third kappa shape index (κ3) is 5.00. The molecule has 0 atom stereocenters. The van der Waals surface area contributed by atoms with E-state index < -0.39 is 23.4 Å². The standard InChI is InChI=1S/C27H22F3N5O2/c1-15-11-17(12-20(32-15)24(29)30)22-23(16-5-7-18(28)8-6-16)34-26(31)35-25(22)37-13-19-3-2-4-21(33-19)27(14-36)9-10-27/h2-8,11-12,14,24H,9-10,13H2,1H3,(H2,31,34,35). The molecule has 3 heterocycles. The zero-order valence-corrected chi connectivity index (χ0v) is 19.8. The molecule has 0 unspecified atom stereocenters. The first-order valence-corrected chi connectivity index (χ1v) is 11.5. The molecule has 37 heavy (non-hydrogen) atoms. The average molecular weight is 506 g/mol. The van der Waals surface area contributed by atoms with Crippen molar-refractivity contribution in [2.75, 3.05) is 5.73 Å². The van der Waals surface area contributed by atoms with Crippen LogP contribution in [0.4, 0.5) is 19.1 Å². The monoisotopic (exact) mass is 505 g/mol. The van der Waals surface area contributed by atoms with Crippen LogP contribution < -0.4 is 10.5 Å². The van der Waals surface area contributed by atoms with Crippen molar-refractivity contribution >= 4 is 12.2 Å². The third-order valence-electron chi connectivity index (χ3n) is 6.18. The number of aromatic nitrogens is 4. The van der Waals surface area contributed by atoms with Gasteiger partial charge < -0.3 is 15.3 Å². The summed E-state index contributed by atoms with van der Waals surface area (Å²) in [5, 5.41) is 0. The molecule has 0 saturated heterocycles. The summed E-state index contributed by atoms with van der Waals surface area (Å²) in [6, 6.07) is 13.7. The van der Waals surface area contributed by atoms with Gasteiger partial charge in [-0.15, -0.1) is 0 Å². The van der Waals surface area contributed by atoms with E-state index in [1.807, 2.05) is 0 Å². The maximum Gasteiger partial charge on any atom is 0.280 e. The van der Waals surface area contributed by atoms with E-state index in [9.17, 15) is 18.0 Å². The second-order valence-electron chi connectivity index (χ2n) is 8.92. The Kier molecular flexibility index (Phi) is 6.32. The molecule has 4 aromatic rings. The van der Waals surface area contributed by atoms with Crippen molar-refractivity contribution in [3.8, 4) is 28.3 Å². The summed E-state index contributed by atoms with van der Waals surface area (Å²) < 4.78 is 46.9. The number of hydrogen-bond acceptors (Lipinski definition) is 7. The minimum Gasteiger partial charge on any atom is -0.471 e. The van der Waals surface area contributed by atoms with Gasteiger partial charge in [-0.25, -0.2) is 18.2 Å². The number of carbonyl (C=O) groups excluding carboxylic acids is 1. The summed E-state index contributed by atoms with van der Waals surface area (Å²) in [6.07, 6.45) is -0.388. The van der Waals surface area contributed by atoms with Gasteiger partial charge in [0.1, 0.15) is 24.4 Å². The molecule has 7 nitrogen and oxygen atoms in total. The fraction of sp³-hybridized carbons (Fsp3) is 0.222. The van der Waals surface area contributed by atoms with Crippen molar-refractivity contribution in [3.63, 3.8) is 0 Å². The fourth-order valence-corrected chi connectivity index (χ4v) is 4.14. The summed E-state index contributed by atoms with van der Waals surface area (Å²) in [6.45, 7) is 1.57. The predicted octanol–water partition coefficient (Wildman–Crippen LogP) is 5.38. The molecular formula is C27H22F3N5O2. The molecule has 0 radical (unpaired) electrons. The number of rotatable bonds is 8. The first kappa shape index (κ1) is 24.4. The van der Waals surface area contributed by atoms with Gasteiger partial charge in [0.25, 0.3) is 6.43 Å². The normalized spacial score (nSPS) is 14.0. The first-order chi connectivity index (χ1) is 17.8. The minimum atomic E-state index is -2.80. The van der Waals surface area contributed by atoms with E-state index in [1.54, 1.807) is 31.2 Å². The molecule has 0 amide bonds. The Morgan fingerprint density at radius 2 is 1.78 bits per heavy atom. The molecule has 2 N–H and O–H groups in total. The smallest absolute Gasteiger partial charge is 0.280 e. The minimum absolute atomic E-state index is 0.0269. The Labute approximate surface area is 210 Å². The summed E-state index contributed by atoms with van der Waals surface area (Å²) in [5.74, 6) is -0.517. The van der Waals surface area contributed by atoms with E-state index in [4.69, 9.17) is 10.5 Å². The van der Waals surface area contributed by atoms with Gasteiger partial charge in [0.2, 0.25) is 11.8 Å². The Morgan fingerprint density at radius 1 is 1.03 bits per heavy atom. The lowest BCUT2D eigenvalue weighted by Crippen LogP contribution is -2.12. The van der Waals surface area contributed by atoms with E-state index in [0.717, 1.165) is 19.1 Å². The summed E-state index contributed by atoms with van der Waals surface area (Å²) >= 11 is 0. The number of alkyl halides is 2. The Bertz CT molecular complexity index is 1470. The Morgan fingerprint density at radius 3 is 2.46 bits per heavy atom. The summed E-state index contributed by atoms with van der Waals surface area (Å²) in [5.41, 5.74) is 8.04. The van der Waals surface area contributed by atoms with E-state index in [0.29, 0.717) is 33.8 Å². The van der Waals surface area contributed by atoms with Crippen molar-refractivity contribution in [3.05, 3.63) is 83.2 Å². The molecule has 1 fully saturated rings. The molecule has 3 aromatic heterocycles. The molecule has 10 heteroatoms. The van der Waals surface area contributed by atoms with Gasteiger partial charge in [-0.3, -0.25) is 9.97 Å². The van der Waals surface area contributed by atoms with E-state index >= 15 is 0 Å². The lowest BCUT2D eigenvalue weighted by Gasteiger charge is -2.17. The summed E-state index contributed by atoms with van der Waals surface area (Å²) in [7, 11) is 0. The third-order valence-corrected chi connectivity index (χ3v) is 6.18. The number of nitrogen functional groups attached to an aromatic ring is 1. The highest BCUT2D eigenvalue weighted by molar-refractivity contribution is 5.85. The van der Waals surface area contributed by atoms with Crippen molar-refractivity contribution in [2.45, 2.75) is 38.2 Å². The maximum atomic E-state index is 13.6. The Hall–Kier alpha value is -4.34. The van der Waals surface area contributed by atoms with Crippen LogP contribution in [-0.4, -0.2) is 26.2 Å². The number of benzene rings is 1. The van der Waals surface area contributed by atoms with Crippen molar-refractivity contribution in [1.29, 1.82) is 0 Å². The van der Waals surface area contributed by atoms with Gasteiger partial charge in [0, 0.05) is 11.3 Å². The second-order valence-corrected chi connectivity index (χ2v) is 8.92. The number of aryl methyl sites for hydroxylation is 1. The lowest BCUT2D eigenvalue weighted by molar-refractivity contribution is -0.110. The number of anilines is 1. The quantitative estimate of drug-likeness (QED) is 0.321. The number of nitrogens with two attached hydrogens (primary N) is 1. The van der Waals surface area contributed by atoms with Gasteiger partial charge in [0.05, 0.1) is 28.1 Å². The van der Waals surface area contributed by atoms with Gasteiger partial charge >= 0.3 is 0 Å². The Balaban J connectivity index is 1.60. The SMILES string of the molecule is Cc1cc(-c2c(OCc3cccc(C4(C=O)CC4)n3)nc(N)nc2-c2ccc(F)cc2)cc(C(F)F)n1. The van der Waals surface area contributed by atoms with Crippen molar-refractivity contribution in [1.82, 2.24) is 19.9 Å². The van der Waals surface area contributed by atoms with Gasteiger partial charge in [0.15, 0.2) is 0 Å². The second kappa shape index (κ2) is 9.61. The molecule has 1 saturated carbocycles. The van der Waals surface area contributed by atoms with Crippen LogP contribution in [0.25, 0.3) is 22.4 Å². The zero-order valence-electron chi connectivity index (χ0n) is 19.8. The van der Waals surface area contributed by atoms with Crippen molar-refractivity contribution in [2.24, 2.45) is 0 Å². The van der Waals surface area contributed by atoms with Gasteiger partial charge in [-0.2, -0.15) is 4.98 Å². The molecule has 188 valence electrons. The molecule has 5 rings (SSSR count). The fourth-order valence-electron chi connectivity index (χ4n) is 4.14. The van der Waals surface area contributed by atoms with Crippen LogP contribution in [0.1, 0.15) is 42.0 Å². The van der Waals surface area contributed by atoms with Crippen LogP contribution >= 0.6 is 0 Å². The van der Waals surface area contributed by atoms with Crippen molar-refractivity contribution < 1.29 is 22.7 Å². The number of carbonyl (C=O) groups is 1. The molecule has 0 spiro atoms. The van der Waals surface area contributed by atoms with E-state index in [1.165, 1.54) is 30.3 Å². The largest absolute Gasteiger partial charge is 0.471 e. The van der Waals surface area contributed by atoms with Crippen LogP contribution in [-0.2, 0) is 16.8 Å². The summed E-state index contributed by atoms with van der Waals surface area (Å²) in [4.78, 5) is 28.6. The van der Waals surface area contributed by atoms with E-state index in [-0.39, 0.29) is 24.1 Å². The topological polar surface area (TPSA) is 104 Å². The first-order valence-electron chi connectivity index (χ1n) is 11.5. The van der Waals surface area contributed by atoms with Crippen LogP contribution in [0.3, 0.4) is 0 Å². The number of ether oxygens (including phenoxy) is 1. The molecule has 1 aromatic carbocycles.